The molecule has 1 aromatic heterocycles. The van der Waals surface area contributed by atoms with Crippen molar-refractivity contribution in [2.24, 2.45) is 22.7 Å². The molecule has 1 heterocycles. The van der Waals surface area contributed by atoms with Crippen LogP contribution in [0.15, 0.2) is 33.0 Å². The Morgan fingerprint density at radius 3 is 2.56 bits per heavy atom. The van der Waals surface area contributed by atoms with Crippen molar-refractivity contribution in [1.82, 2.24) is 0 Å². The SMILES string of the molecule is C=C1CC[C@H]2[C@](C)(CCC=C(C)C)[C@@H](OC(=O)CCCCC)CC[C@]2(C)[C@@H]1Cc1c(OCOC)c(C)c(C)oc1=O. The number of carbonyl (C=O) groups excluding carboxylic acids is 1. The summed E-state index contributed by atoms with van der Waals surface area (Å²) in [6.07, 6.45) is 11.7. The van der Waals surface area contributed by atoms with Crippen LogP contribution in [-0.2, 0) is 20.7 Å². The molecule has 41 heavy (non-hydrogen) atoms. The Morgan fingerprint density at radius 1 is 1.17 bits per heavy atom. The summed E-state index contributed by atoms with van der Waals surface area (Å²) >= 11 is 0. The van der Waals surface area contributed by atoms with Crippen molar-refractivity contribution < 1.29 is 23.4 Å². The summed E-state index contributed by atoms with van der Waals surface area (Å²) in [5.74, 6) is 1.47. The van der Waals surface area contributed by atoms with Gasteiger partial charge < -0.3 is 18.6 Å². The van der Waals surface area contributed by atoms with Gasteiger partial charge in [0, 0.05) is 24.5 Å². The second-order valence-electron chi connectivity index (χ2n) is 13.2. The van der Waals surface area contributed by atoms with Gasteiger partial charge in [-0.1, -0.05) is 57.4 Å². The smallest absolute Gasteiger partial charge is 0.342 e. The molecule has 2 aliphatic carbocycles. The van der Waals surface area contributed by atoms with Crippen LogP contribution in [0.4, 0.5) is 0 Å². The fraction of sp³-hybridized carbons (Fsp3) is 0.714. The van der Waals surface area contributed by atoms with Crippen LogP contribution in [-0.4, -0.2) is 26.0 Å². The lowest BCUT2D eigenvalue weighted by Gasteiger charge is -2.61. The van der Waals surface area contributed by atoms with Gasteiger partial charge in [0.15, 0.2) is 6.79 Å². The van der Waals surface area contributed by atoms with Gasteiger partial charge >= 0.3 is 11.6 Å². The van der Waals surface area contributed by atoms with Gasteiger partial charge in [0.05, 0.1) is 5.56 Å². The van der Waals surface area contributed by atoms with Gasteiger partial charge in [0.25, 0.3) is 0 Å². The van der Waals surface area contributed by atoms with Gasteiger partial charge in [-0.3, -0.25) is 4.79 Å². The number of rotatable bonds is 13. The number of hydrogen-bond donors (Lipinski definition) is 0. The van der Waals surface area contributed by atoms with Crippen molar-refractivity contribution in [3.8, 4) is 5.75 Å². The van der Waals surface area contributed by atoms with Gasteiger partial charge in [0.2, 0.25) is 0 Å². The number of unbranched alkanes of at least 4 members (excludes halogenated alkanes) is 2. The van der Waals surface area contributed by atoms with Crippen molar-refractivity contribution in [1.29, 1.82) is 0 Å². The zero-order valence-corrected chi connectivity index (χ0v) is 27.0. The van der Waals surface area contributed by atoms with Gasteiger partial charge in [-0.2, -0.15) is 0 Å². The van der Waals surface area contributed by atoms with Crippen molar-refractivity contribution >= 4 is 5.97 Å². The molecule has 0 saturated heterocycles. The maximum Gasteiger partial charge on any atom is 0.342 e. The molecule has 3 rings (SSSR count). The van der Waals surface area contributed by atoms with Crippen LogP contribution in [0, 0.1) is 36.5 Å². The fourth-order valence-corrected chi connectivity index (χ4v) is 7.74. The minimum atomic E-state index is -0.348. The standard InChI is InChI=1S/C35H54O6/c1-10-11-12-15-31(36)41-30-18-20-34(7)28(21-27-32(39-22-38-9)25(5)26(6)40-33(27)37)24(4)16-17-29(34)35(30,8)19-13-14-23(2)3/h14,28-30H,4,10-13,15-22H2,1-3,5-9H3/t28-,29-,30+,34-,35+/m1/s1. The molecule has 6 nitrogen and oxygen atoms in total. The van der Waals surface area contributed by atoms with E-state index in [0.29, 0.717) is 35.8 Å². The van der Waals surface area contributed by atoms with E-state index in [9.17, 15) is 9.59 Å². The molecule has 0 aromatic carbocycles. The number of aryl methyl sites for hydroxylation is 1. The molecular weight excluding hydrogens is 516 g/mol. The molecule has 5 atom stereocenters. The maximum absolute atomic E-state index is 13.3. The number of ether oxygens (including phenoxy) is 3. The number of hydrogen-bond acceptors (Lipinski definition) is 6. The number of carbonyl (C=O) groups is 1. The maximum atomic E-state index is 13.3. The average molecular weight is 571 g/mol. The van der Waals surface area contributed by atoms with Crippen LogP contribution in [0.2, 0.25) is 0 Å². The molecular formula is C35H54O6. The summed E-state index contributed by atoms with van der Waals surface area (Å²) in [4.78, 5) is 26.2. The predicted molar refractivity (Wildman–Crippen MR) is 164 cm³/mol. The molecule has 0 unspecified atom stereocenters. The first kappa shape index (κ1) is 33.2. The van der Waals surface area contributed by atoms with Crippen molar-refractivity contribution in [2.75, 3.05) is 13.9 Å². The van der Waals surface area contributed by atoms with Gasteiger partial charge in [-0.05, 0) is 96.3 Å². The van der Waals surface area contributed by atoms with E-state index in [1.165, 1.54) is 11.1 Å². The van der Waals surface area contributed by atoms with E-state index in [2.05, 4.69) is 47.3 Å². The van der Waals surface area contributed by atoms with E-state index in [0.717, 1.165) is 63.4 Å². The topological polar surface area (TPSA) is 75.0 Å². The highest BCUT2D eigenvalue weighted by Gasteiger charge is 2.58. The third kappa shape index (κ3) is 7.36. The third-order valence-electron chi connectivity index (χ3n) is 10.2. The molecule has 0 aliphatic heterocycles. The number of esters is 1. The van der Waals surface area contributed by atoms with E-state index in [1.807, 2.05) is 6.92 Å². The molecule has 0 radical (unpaired) electrons. The lowest BCUT2D eigenvalue weighted by atomic mass is 9.45. The first-order valence-electron chi connectivity index (χ1n) is 15.6. The first-order chi connectivity index (χ1) is 19.4. The summed E-state index contributed by atoms with van der Waals surface area (Å²) in [5.41, 5.74) is 3.24. The molecule has 6 heteroatoms. The second-order valence-corrected chi connectivity index (χ2v) is 13.2. The highest BCUT2D eigenvalue weighted by atomic mass is 16.7. The first-order valence-corrected chi connectivity index (χ1v) is 15.6. The van der Waals surface area contributed by atoms with Crippen LogP contribution in [0.1, 0.15) is 116 Å². The molecule has 0 spiro atoms. The molecule has 2 saturated carbocycles. The molecule has 230 valence electrons. The number of fused-ring (bicyclic) bond motifs is 1. The van der Waals surface area contributed by atoms with Crippen LogP contribution in [0.25, 0.3) is 0 Å². The van der Waals surface area contributed by atoms with Gasteiger partial charge in [-0.15, -0.1) is 0 Å². The number of allylic oxidation sites excluding steroid dienone is 3. The normalized spacial score (nSPS) is 27.7. The number of methoxy groups -OCH3 is 1. The highest BCUT2D eigenvalue weighted by molar-refractivity contribution is 5.69. The lowest BCUT2D eigenvalue weighted by molar-refractivity contribution is -0.181. The summed E-state index contributed by atoms with van der Waals surface area (Å²) in [6.45, 7) is 19.5. The lowest BCUT2D eigenvalue weighted by Crippen LogP contribution is -2.57. The highest BCUT2D eigenvalue weighted by Crippen LogP contribution is 2.63. The fourth-order valence-electron chi connectivity index (χ4n) is 7.74. The molecule has 2 fully saturated rings. The molecule has 0 N–H and O–H groups in total. The average Bonchev–Trinajstić information content (AvgIpc) is 2.90. The summed E-state index contributed by atoms with van der Waals surface area (Å²) in [6, 6.07) is 0. The molecule has 2 aliphatic rings. The Hall–Kier alpha value is -2.34. The van der Waals surface area contributed by atoms with E-state index in [-0.39, 0.29) is 41.2 Å². The van der Waals surface area contributed by atoms with Crippen LogP contribution in [0.3, 0.4) is 0 Å². The Labute approximate surface area is 247 Å². The van der Waals surface area contributed by atoms with Crippen LogP contribution >= 0.6 is 0 Å². The second kappa shape index (κ2) is 14.2. The van der Waals surface area contributed by atoms with Crippen molar-refractivity contribution in [3.05, 3.63) is 51.1 Å². The molecule has 0 amide bonds. The predicted octanol–water partition coefficient (Wildman–Crippen LogP) is 8.41. The van der Waals surface area contributed by atoms with Crippen molar-refractivity contribution in [3.63, 3.8) is 0 Å². The van der Waals surface area contributed by atoms with Crippen molar-refractivity contribution in [2.45, 2.75) is 125 Å². The van der Waals surface area contributed by atoms with E-state index in [1.54, 1.807) is 14.0 Å². The van der Waals surface area contributed by atoms with Crippen LogP contribution < -0.4 is 10.4 Å². The quantitative estimate of drug-likeness (QED) is 0.103. The summed E-state index contributed by atoms with van der Waals surface area (Å²) in [5, 5.41) is 0. The Balaban J connectivity index is 1.99. The monoisotopic (exact) mass is 570 g/mol. The van der Waals surface area contributed by atoms with Gasteiger partial charge in [0.1, 0.15) is 17.6 Å². The van der Waals surface area contributed by atoms with E-state index < -0.39 is 0 Å². The third-order valence-corrected chi connectivity index (χ3v) is 10.2. The Kier molecular flexibility index (Phi) is 11.5. The zero-order valence-electron chi connectivity index (χ0n) is 27.0. The van der Waals surface area contributed by atoms with Crippen LogP contribution in [0.5, 0.6) is 5.75 Å². The Morgan fingerprint density at radius 2 is 1.90 bits per heavy atom. The zero-order chi connectivity index (χ0) is 30.4. The minimum Gasteiger partial charge on any atom is -0.467 e. The summed E-state index contributed by atoms with van der Waals surface area (Å²) < 4.78 is 23.1. The summed E-state index contributed by atoms with van der Waals surface area (Å²) in [7, 11) is 1.58. The largest absolute Gasteiger partial charge is 0.467 e. The van der Waals surface area contributed by atoms with E-state index in [4.69, 9.17) is 18.6 Å². The molecule has 0 bridgehead atoms. The Bertz CT molecular complexity index is 1160. The van der Waals surface area contributed by atoms with E-state index >= 15 is 0 Å². The molecule has 1 aromatic rings. The van der Waals surface area contributed by atoms with Gasteiger partial charge in [-0.25, -0.2) is 4.79 Å². The minimum absolute atomic E-state index is 0.0649.